The molecule has 0 unspecified atom stereocenters. The number of aryl methyl sites for hydroxylation is 2. The molecule has 1 aromatic heterocycles. The Morgan fingerprint density at radius 1 is 1.56 bits per heavy atom. The molecule has 7 nitrogen and oxygen atoms in total. The third-order valence-corrected chi connectivity index (χ3v) is 2.32. The number of carboxylic acid groups (broad SMARTS) is 1. The van der Waals surface area contributed by atoms with Gasteiger partial charge in [-0.05, 0) is 13.8 Å². The van der Waals surface area contributed by atoms with Crippen molar-refractivity contribution in [3.8, 4) is 0 Å². The fourth-order valence-electron chi connectivity index (χ4n) is 1.46. The van der Waals surface area contributed by atoms with E-state index in [1.54, 1.807) is 13.8 Å². The van der Waals surface area contributed by atoms with Gasteiger partial charge in [-0.2, -0.15) is 5.10 Å². The first-order chi connectivity index (χ1) is 8.45. The summed E-state index contributed by atoms with van der Waals surface area (Å²) < 4.78 is 0. The summed E-state index contributed by atoms with van der Waals surface area (Å²) in [6.45, 7) is 6.78. The van der Waals surface area contributed by atoms with Crippen LogP contribution in [0.25, 0.3) is 0 Å². The van der Waals surface area contributed by atoms with Crippen molar-refractivity contribution in [3.63, 3.8) is 0 Å². The summed E-state index contributed by atoms with van der Waals surface area (Å²) in [4.78, 5) is 23.7. The van der Waals surface area contributed by atoms with Crippen LogP contribution in [0, 0.1) is 13.8 Å². The molecule has 18 heavy (non-hydrogen) atoms. The molecule has 0 aliphatic carbocycles. The van der Waals surface area contributed by atoms with Gasteiger partial charge in [0.15, 0.2) is 0 Å². The number of nitrogens with one attached hydrogen (secondary N) is 2. The number of urea groups is 1. The third-order valence-electron chi connectivity index (χ3n) is 2.32. The van der Waals surface area contributed by atoms with Crippen LogP contribution in [0.2, 0.25) is 0 Å². The first-order valence-electron chi connectivity index (χ1n) is 5.36. The van der Waals surface area contributed by atoms with E-state index in [1.165, 1.54) is 6.08 Å². The number of amides is 2. The highest BCUT2D eigenvalue weighted by Crippen LogP contribution is 2.16. The molecular formula is C11H16N4O3. The zero-order valence-electron chi connectivity index (χ0n) is 10.4. The Morgan fingerprint density at radius 2 is 2.22 bits per heavy atom. The van der Waals surface area contributed by atoms with Gasteiger partial charge >= 0.3 is 12.0 Å². The van der Waals surface area contributed by atoms with E-state index in [4.69, 9.17) is 5.11 Å². The minimum absolute atomic E-state index is 0.161. The number of H-pyrrole nitrogens is 1. The lowest BCUT2D eigenvalue weighted by atomic mass is 10.3. The normalized spacial score (nSPS) is 9.89. The summed E-state index contributed by atoms with van der Waals surface area (Å²) in [5.41, 5.74) is 1.93. The van der Waals surface area contributed by atoms with Gasteiger partial charge in [0.25, 0.3) is 0 Å². The van der Waals surface area contributed by atoms with Gasteiger partial charge in [-0.15, -0.1) is 6.58 Å². The predicted molar refractivity (Wildman–Crippen MR) is 66.5 cm³/mol. The molecule has 0 saturated carbocycles. The highest BCUT2D eigenvalue weighted by molar-refractivity contribution is 5.92. The zero-order valence-corrected chi connectivity index (χ0v) is 10.4. The maximum atomic E-state index is 11.9. The maximum absolute atomic E-state index is 11.9. The van der Waals surface area contributed by atoms with Crippen molar-refractivity contribution in [3.05, 3.63) is 24.0 Å². The Morgan fingerprint density at radius 3 is 2.67 bits per heavy atom. The van der Waals surface area contributed by atoms with Crippen LogP contribution in [-0.4, -0.2) is 45.3 Å². The zero-order chi connectivity index (χ0) is 13.7. The smallest absolute Gasteiger partial charge is 0.323 e. The van der Waals surface area contributed by atoms with Gasteiger partial charge in [0.1, 0.15) is 6.54 Å². The lowest BCUT2D eigenvalue weighted by Crippen LogP contribution is -2.39. The minimum atomic E-state index is -1.08. The molecule has 98 valence electrons. The van der Waals surface area contributed by atoms with Crippen molar-refractivity contribution in [1.29, 1.82) is 0 Å². The van der Waals surface area contributed by atoms with Gasteiger partial charge in [-0.3, -0.25) is 9.89 Å². The van der Waals surface area contributed by atoms with Gasteiger partial charge < -0.3 is 15.3 Å². The van der Waals surface area contributed by atoms with E-state index in [0.717, 1.165) is 10.6 Å². The Labute approximate surface area is 104 Å². The number of nitrogens with zero attached hydrogens (tertiary/aromatic N) is 2. The molecule has 0 aliphatic rings. The fraction of sp³-hybridized carbons (Fsp3) is 0.364. The summed E-state index contributed by atoms with van der Waals surface area (Å²) in [5, 5.41) is 18.0. The molecule has 0 aromatic carbocycles. The van der Waals surface area contributed by atoms with Crippen molar-refractivity contribution >= 4 is 17.7 Å². The molecule has 7 heteroatoms. The fourth-order valence-corrected chi connectivity index (χ4v) is 1.46. The van der Waals surface area contributed by atoms with Crippen LogP contribution in [0.1, 0.15) is 11.4 Å². The molecule has 1 aromatic rings. The summed E-state index contributed by atoms with van der Waals surface area (Å²) in [6.07, 6.45) is 1.47. The van der Waals surface area contributed by atoms with Crippen molar-refractivity contribution in [2.24, 2.45) is 0 Å². The van der Waals surface area contributed by atoms with E-state index in [1.807, 2.05) is 0 Å². The molecule has 3 N–H and O–H groups in total. The molecule has 0 atom stereocenters. The summed E-state index contributed by atoms with van der Waals surface area (Å²) in [7, 11) is 0. The Bertz CT molecular complexity index is 447. The summed E-state index contributed by atoms with van der Waals surface area (Å²) >= 11 is 0. The number of hydrogen-bond acceptors (Lipinski definition) is 3. The number of carboxylic acids is 1. The number of aromatic amines is 1. The summed E-state index contributed by atoms with van der Waals surface area (Å²) in [6, 6.07) is -0.495. The highest BCUT2D eigenvalue weighted by Gasteiger charge is 2.17. The molecule has 0 bridgehead atoms. The monoisotopic (exact) mass is 252 g/mol. The number of anilines is 1. The number of aromatic nitrogens is 2. The van der Waals surface area contributed by atoms with E-state index >= 15 is 0 Å². The average molecular weight is 252 g/mol. The van der Waals surface area contributed by atoms with Crippen LogP contribution in [0.5, 0.6) is 0 Å². The number of carbonyl (C=O) groups excluding carboxylic acids is 1. The lowest BCUT2D eigenvalue weighted by Gasteiger charge is -2.19. The van der Waals surface area contributed by atoms with Crippen molar-refractivity contribution in [2.75, 3.05) is 18.4 Å². The van der Waals surface area contributed by atoms with Gasteiger partial charge in [0.05, 0.1) is 17.1 Å². The number of rotatable bonds is 5. The van der Waals surface area contributed by atoms with Crippen LogP contribution >= 0.6 is 0 Å². The van der Waals surface area contributed by atoms with Crippen LogP contribution in [-0.2, 0) is 4.79 Å². The molecular weight excluding hydrogens is 236 g/mol. The molecule has 0 saturated heterocycles. The van der Waals surface area contributed by atoms with Crippen LogP contribution in [0.4, 0.5) is 10.5 Å². The topological polar surface area (TPSA) is 98.3 Å². The molecule has 2 amide bonds. The second kappa shape index (κ2) is 5.85. The highest BCUT2D eigenvalue weighted by atomic mass is 16.4. The average Bonchev–Trinajstić information content (AvgIpc) is 2.59. The molecule has 1 heterocycles. The molecule has 0 radical (unpaired) electrons. The van der Waals surface area contributed by atoms with Crippen LogP contribution in [0.3, 0.4) is 0 Å². The van der Waals surface area contributed by atoms with E-state index in [-0.39, 0.29) is 13.1 Å². The van der Waals surface area contributed by atoms with Gasteiger partial charge in [0.2, 0.25) is 0 Å². The van der Waals surface area contributed by atoms with Crippen LogP contribution in [0.15, 0.2) is 12.7 Å². The second-order valence-electron chi connectivity index (χ2n) is 3.80. The quantitative estimate of drug-likeness (QED) is 0.684. The molecule has 0 fully saturated rings. The standard InChI is InChI=1S/C11H16N4O3/c1-4-5-15(6-9(16)17)11(18)12-10-7(2)13-14-8(10)3/h4H,1,5-6H2,2-3H3,(H,12,18)(H,13,14)(H,16,17). The number of hydrogen-bond donors (Lipinski definition) is 3. The largest absolute Gasteiger partial charge is 0.480 e. The summed E-state index contributed by atoms with van der Waals surface area (Å²) in [5.74, 6) is -1.08. The van der Waals surface area contributed by atoms with Crippen molar-refractivity contribution < 1.29 is 14.7 Å². The van der Waals surface area contributed by atoms with Crippen molar-refractivity contribution in [1.82, 2.24) is 15.1 Å². The molecule has 0 spiro atoms. The Balaban J connectivity index is 2.78. The van der Waals surface area contributed by atoms with Gasteiger partial charge in [-0.25, -0.2) is 4.79 Å². The van der Waals surface area contributed by atoms with E-state index in [9.17, 15) is 9.59 Å². The third kappa shape index (κ3) is 3.34. The maximum Gasteiger partial charge on any atom is 0.323 e. The molecule has 1 rings (SSSR count). The van der Waals surface area contributed by atoms with E-state index in [0.29, 0.717) is 11.4 Å². The molecule has 0 aliphatic heterocycles. The lowest BCUT2D eigenvalue weighted by molar-refractivity contribution is -0.137. The predicted octanol–water partition coefficient (Wildman–Crippen LogP) is 1.13. The minimum Gasteiger partial charge on any atom is -0.480 e. The van der Waals surface area contributed by atoms with E-state index in [2.05, 4.69) is 22.1 Å². The second-order valence-corrected chi connectivity index (χ2v) is 3.80. The van der Waals surface area contributed by atoms with E-state index < -0.39 is 12.0 Å². The van der Waals surface area contributed by atoms with Crippen LogP contribution < -0.4 is 5.32 Å². The Kier molecular flexibility index (Phi) is 4.47. The van der Waals surface area contributed by atoms with Crippen molar-refractivity contribution in [2.45, 2.75) is 13.8 Å². The number of aliphatic carboxylic acids is 1. The SMILES string of the molecule is C=CCN(CC(=O)O)C(=O)Nc1c(C)n[nH]c1C. The first kappa shape index (κ1) is 13.8. The van der Waals surface area contributed by atoms with Gasteiger partial charge in [-0.1, -0.05) is 6.08 Å². The van der Waals surface area contributed by atoms with Gasteiger partial charge in [0, 0.05) is 6.54 Å². The first-order valence-corrected chi connectivity index (χ1v) is 5.36. The Hall–Kier alpha value is -2.31. The number of carbonyl (C=O) groups is 2.